The van der Waals surface area contributed by atoms with Gasteiger partial charge in [0.05, 0.1) is 17.0 Å². The van der Waals surface area contributed by atoms with Crippen molar-refractivity contribution >= 4 is 29.3 Å². The minimum atomic E-state index is 0.655. The molecule has 0 aromatic heterocycles. The van der Waals surface area contributed by atoms with Gasteiger partial charge in [0, 0.05) is 25.8 Å². The third kappa shape index (κ3) is 5.00. The van der Waals surface area contributed by atoms with Crippen LogP contribution in [0.3, 0.4) is 0 Å². The lowest BCUT2D eigenvalue weighted by Gasteiger charge is -2.13. The van der Waals surface area contributed by atoms with E-state index in [4.69, 9.17) is 11.6 Å². The van der Waals surface area contributed by atoms with Crippen LogP contribution in [0.2, 0.25) is 5.02 Å². The molecule has 0 amide bonds. The highest BCUT2D eigenvalue weighted by Crippen LogP contribution is 2.31. The zero-order chi connectivity index (χ0) is 16.8. The Morgan fingerprint density at radius 1 is 1.17 bits per heavy atom. The number of hydrogen-bond acceptors (Lipinski definition) is 2. The van der Waals surface area contributed by atoms with E-state index in [-0.39, 0.29) is 0 Å². The maximum Gasteiger partial charge on any atom is 0.0910 e. The second-order valence-corrected chi connectivity index (χ2v) is 6.18. The van der Waals surface area contributed by atoms with Gasteiger partial charge in [-0.25, -0.2) is 4.99 Å². The maximum absolute atomic E-state index is 6.36. The van der Waals surface area contributed by atoms with Crippen LogP contribution in [-0.4, -0.2) is 24.8 Å². The van der Waals surface area contributed by atoms with Crippen molar-refractivity contribution in [2.75, 3.05) is 18.9 Å². The SMILES string of the molecule is CCN(C)C=Nc1cc(C)c(NCc2ccc(C)cc2)cc1Cl. The highest BCUT2D eigenvalue weighted by atomic mass is 35.5. The summed E-state index contributed by atoms with van der Waals surface area (Å²) >= 11 is 6.36. The van der Waals surface area contributed by atoms with E-state index in [9.17, 15) is 0 Å². The van der Waals surface area contributed by atoms with Crippen molar-refractivity contribution in [3.8, 4) is 0 Å². The van der Waals surface area contributed by atoms with Gasteiger partial charge in [-0.1, -0.05) is 41.4 Å². The lowest BCUT2D eigenvalue weighted by molar-refractivity contribution is 0.552. The predicted molar refractivity (Wildman–Crippen MR) is 101 cm³/mol. The van der Waals surface area contributed by atoms with Crippen molar-refractivity contribution < 1.29 is 0 Å². The molecular formula is C19H24ClN3. The quantitative estimate of drug-likeness (QED) is 0.584. The summed E-state index contributed by atoms with van der Waals surface area (Å²) in [4.78, 5) is 6.46. The molecule has 2 aromatic carbocycles. The van der Waals surface area contributed by atoms with Crippen molar-refractivity contribution in [3.63, 3.8) is 0 Å². The standard InChI is InChI=1S/C19H24ClN3/c1-5-23(4)13-22-19-10-15(3)18(11-17(19)20)21-12-16-8-6-14(2)7-9-16/h6-11,13,21H,5,12H2,1-4H3. The summed E-state index contributed by atoms with van der Waals surface area (Å²) < 4.78 is 0. The molecule has 0 fully saturated rings. The smallest absolute Gasteiger partial charge is 0.0910 e. The van der Waals surface area contributed by atoms with Crippen molar-refractivity contribution in [3.05, 3.63) is 58.1 Å². The number of rotatable bonds is 6. The van der Waals surface area contributed by atoms with E-state index in [2.05, 4.69) is 55.3 Å². The second-order valence-electron chi connectivity index (χ2n) is 5.78. The number of nitrogens with zero attached hydrogens (tertiary/aromatic N) is 2. The Hall–Kier alpha value is -2.00. The first-order chi connectivity index (χ1) is 11.0. The van der Waals surface area contributed by atoms with Crippen molar-refractivity contribution in [1.29, 1.82) is 0 Å². The van der Waals surface area contributed by atoms with Crippen LogP contribution < -0.4 is 5.32 Å². The van der Waals surface area contributed by atoms with Gasteiger partial charge >= 0.3 is 0 Å². The fourth-order valence-electron chi connectivity index (χ4n) is 2.10. The van der Waals surface area contributed by atoms with E-state index in [1.54, 1.807) is 6.34 Å². The molecule has 0 aliphatic rings. The Balaban J connectivity index is 2.10. The Labute approximate surface area is 144 Å². The molecule has 23 heavy (non-hydrogen) atoms. The molecule has 0 saturated heterocycles. The summed E-state index contributed by atoms with van der Waals surface area (Å²) in [5.74, 6) is 0. The zero-order valence-corrected chi connectivity index (χ0v) is 15.0. The first-order valence-electron chi connectivity index (χ1n) is 7.83. The number of anilines is 1. The number of aliphatic imine (C=N–C) groups is 1. The topological polar surface area (TPSA) is 27.6 Å². The van der Waals surface area contributed by atoms with Gasteiger partial charge in [-0.15, -0.1) is 0 Å². The Kier molecular flexibility index (Phi) is 6.05. The number of hydrogen-bond donors (Lipinski definition) is 1. The number of aryl methyl sites for hydroxylation is 2. The average Bonchev–Trinajstić information content (AvgIpc) is 2.55. The van der Waals surface area contributed by atoms with Gasteiger partial charge in [0.2, 0.25) is 0 Å². The Bertz CT molecular complexity index is 678. The number of benzene rings is 2. The largest absolute Gasteiger partial charge is 0.381 e. The summed E-state index contributed by atoms with van der Waals surface area (Å²) in [5, 5.41) is 4.10. The van der Waals surface area contributed by atoms with Gasteiger partial charge in [-0.05, 0) is 44.0 Å². The van der Waals surface area contributed by atoms with Gasteiger partial charge in [-0.3, -0.25) is 0 Å². The minimum absolute atomic E-state index is 0.655. The molecule has 2 rings (SSSR count). The molecule has 0 radical (unpaired) electrons. The third-order valence-corrected chi connectivity index (χ3v) is 4.09. The molecule has 0 bridgehead atoms. The van der Waals surface area contributed by atoms with E-state index in [1.807, 2.05) is 24.1 Å². The molecule has 0 atom stereocenters. The highest BCUT2D eigenvalue weighted by molar-refractivity contribution is 6.33. The molecule has 4 heteroatoms. The normalized spacial score (nSPS) is 11.0. The maximum atomic E-state index is 6.36. The lowest BCUT2D eigenvalue weighted by atomic mass is 10.1. The molecule has 0 heterocycles. The van der Waals surface area contributed by atoms with E-state index in [1.165, 1.54) is 11.1 Å². The molecule has 0 unspecified atom stereocenters. The highest BCUT2D eigenvalue weighted by Gasteiger charge is 2.05. The fraction of sp³-hybridized carbons (Fsp3) is 0.316. The molecular weight excluding hydrogens is 306 g/mol. The molecule has 2 aromatic rings. The van der Waals surface area contributed by atoms with Crippen LogP contribution in [0.25, 0.3) is 0 Å². The number of nitrogens with one attached hydrogen (secondary N) is 1. The molecule has 1 N–H and O–H groups in total. The summed E-state index contributed by atoms with van der Waals surface area (Å²) in [6.45, 7) is 7.93. The third-order valence-electron chi connectivity index (χ3n) is 3.79. The van der Waals surface area contributed by atoms with Crippen LogP contribution in [0, 0.1) is 13.8 Å². The second kappa shape index (κ2) is 8.02. The summed E-state index contributed by atoms with van der Waals surface area (Å²) in [7, 11) is 1.99. The fourth-order valence-corrected chi connectivity index (χ4v) is 2.31. The first-order valence-corrected chi connectivity index (χ1v) is 8.21. The Morgan fingerprint density at radius 3 is 2.52 bits per heavy atom. The van der Waals surface area contributed by atoms with Crippen LogP contribution in [0.5, 0.6) is 0 Å². The van der Waals surface area contributed by atoms with E-state index < -0.39 is 0 Å². The monoisotopic (exact) mass is 329 g/mol. The molecule has 0 spiro atoms. The average molecular weight is 330 g/mol. The van der Waals surface area contributed by atoms with Gasteiger partial charge in [0.15, 0.2) is 0 Å². The zero-order valence-electron chi connectivity index (χ0n) is 14.2. The summed E-state index contributed by atoms with van der Waals surface area (Å²) in [6, 6.07) is 12.5. The van der Waals surface area contributed by atoms with E-state index in [0.717, 1.165) is 30.0 Å². The van der Waals surface area contributed by atoms with E-state index >= 15 is 0 Å². The first kappa shape index (κ1) is 17.4. The lowest BCUT2D eigenvalue weighted by Crippen LogP contribution is -2.14. The van der Waals surface area contributed by atoms with Gasteiger partial charge in [0.1, 0.15) is 0 Å². The van der Waals surface area contributed by atoms with Gasteiger partial charge in [-0.2, -0.15) is 0 Å². The predicted octanol–water partition coefficient (Wildman–Crippen LogP) is 5.18. The van der Waals surface area contributed by atoms with Crippen LogP contribution in [0.1, 0.15) is 23.6 Å². The molecule has 0 aliphatic heterocycles. The van der Waals surface area contributed by atoms with Crippen molar-refractivity contribution in [1.82, 2.24) is 4.90 Å². The van der Waals surface area contributed by atoms with E-state index in [0.29, 0.717) is 5.02 Å². The van der Waals surface area contributed by atoms with Crippen LogP contribution >= 0.6 is 11.6 Å². The summed E-state index contributed by atoms with van der Waals surface area (Å²) in [6.07, 6.45) is 1.81. The molecule has 3 nitrogen and oxygen atoms in total. The van der Waals surface area contributed by atoms with Crippen LogP contribution in [0.15, 0.2) is 41.4 Å². The van der Waals surface area contributed by atoms with Crippen LogP contribution in [0.4, 0.5) is 11.4 Å². The van der Waals surface area contributed by atoms with Gasteiger partial charge in [0.25, 0.3) is 0 Å². The molecule has 0 saturated carbocycles. The van der Waals surface area contributed by atoms with Crippen molar-refractivity contribution in [2.24, 2.45) is 4.99 Å². The Morgan fingerprint density at radius 2 is 1.87 bits per heavy atom. The summed E-state index contributed by atoms with van der Waals surface area (Å²) in [5.41, 5.74) is 5.49. The van der Waals surface area contributed by atoms with Crippen molar-refractivity contribution in [2.45, 2.75) is 27.3 Å². The minimum Gasteiger partial charge on any atom is -0.381 e. The van der Waals surface area contributed by atoms with Gasteiger partial charge < -0.3 is 10.2 Å². The molecule has 122 valence electrons. The molecule has 0 aliphatic carbocycles. The van der Waals surface area contributed by atoms with Crippen LogP contribution in [-0.2, 0) is 6.54 Å². The number of halogens is 1.